The fraction of sp³-hybridized carbons (Fsp3) is 0.529. The zero-order valence-electron chi connectivity index (χ0n) is 14.2. The number of hydrogen-bond acceptors (Lipinski definition) is 4. The molecule has 0 bridgehead atoms. The Kier molecular flexibility index (Phi) is 4.75. The Morgan fingerprint density at radius 3 is 2.58 bits per heavy atom. The standard InChI is InChI=1S/C17H22N2O3S2/c1-4-6-15(20)18-17-19(16-11(2)7-5-8-12(16)3)13-9-24(21,22)10-14(13)23-17/h5,7-8,13-14H,4,6,9-10H2,1-3H3/t13-,14+/m1/s1. The number of benzene rings is 1. The second kappa shape index (κ2) is 6.52. The number of aryl methyl sites for hydroxylation is 2. The summed E-state index contributed by atoms with van der Waals surface area (Å²) in [5.74, 6) is 0.142. The van der Waals surface area contributed by atoms with Gasteiger partial charge in [-0.1, -0.05) is 36.9 Å². The summed E-state index contributed by atoms with van der Waals surface area (Å²) in [5.41, 5.74) is 3.12. The maximum atomic E-state index is 12.1. The SMILES string of the molecule is CCCC(=O)N=C1S[C@H]2CS(=O)(=O)C[C@H]2N1c1c(C)cccc1C. The van der Waals surface area contributed by atoms with Crippen molar-refractivity contribution in [3.05, 3.63) is 29.3 Å². The van der Waals surface area contributed by atoms with Crippen molar-refractivity contribution in [2.75, 3.05) is 16.4 Å². The van der Waals surface area contributed by atoms with E-state index in [1.54, 1.807) is 0 Å². The number of carbonyl (C=O) groups is 1. The largest absolute Gasteiger partial charge is 0.315 e. The summed E-state index contributed by atoms with van der Waals surface area (Å²) in [4.78, 5) is 18.4. The van der Waals surface area contributed by atoms with Gasteiger partial charge in [0, 0.05) is 17.4 Å². The zero-order valence-corrected chi connectivity index (χ0v) is 15.8. The molecule has 0 radical (unpaired) electrons. The highest BCUT2D eigenvalue weighted by molar-refractivity contribution is 8.16. The summed E-state index contributed by atoms with van der Waals surface area (Å²) < 4.78 is 24.2. The van der Waals surface area contributed by atoms with Gasteiger partial charge in [-0.25, -0.2) is 8.42 Å². The average Bonchev–Trinajstić information content (AvgIpc) is 2.92. The minimum absolute atomic E-state index is 0.0535. The number of para-hydroxylation sites is 1. The molecule has 0 spiro atoms. The van der Waals surface area contributed by atoms with Crippen molar-refractivity contribution in [3.63, 3.8) is 0 Å². The van der Waals surface area contributed by atoms with E-state index in [1.807, 2.05) is 43.9 Å². The highest BCUT2D eigenvalue weighted by atomic mass is 32.2. The monoisotopic (exact) mass is 366 g/mol. The number of sulfone groups is 1. The Bertz CT molecular complexity index is 782. The quantitative estimate of drug-likeness (QED) is 0.823. The number of fused-ring (bicyclic) bond motifs is 1. The lowest BCUT2D eigenvalue weighted by molar-refractivity contribution is -0.117. The van der Waals surface area contributed by atoms with Gasteiger partial charge in [-0.2, -0.15) is 4.99 Å². The van der Waals surface area contributed by atoms with E-state index in [2.05, 4.69) is 4.99 Å². The summed E-state index contributed by atoms with van der Waals surface area (Å²) in [5, 5.41) is 0.595. The van der Waals surface area contributed by atoms with Crippen LogP contribution in [0.3, 0.4) is 0 Å². The van der Waals surface area contributed by atoms with Gasteiger partial charge in [0.05, 0.1) is 17.5 Å². The van der Waals surface area contributed by atoms with E-state index >= 15 is 0 Å². The summed E-state index contributed by atoms with van der Waals surface area (Å²) >= 11 is 1.43. The second-order valence-electron chi connectivity index (χ2n) is 6.45. The minimum Gasteiger partial charge on any atom is -0.315 e. The summed E-state index contributed by atoms with van der Waals surface area (Å²) in [6.45, 7) is 5.97. The number of carbonyl (C=O) groups excluding carboxylic acids is 1. The molecule has 5 nitrogen and oxygen atoms in total. The Balaban J connectivity index is 2.07. The number of thioether (sulfide) groups is 1. The lowest BCUT2D eigenvalue weighted by Crippen LogP contribution is -2.38. The van der Waals surface area contributed by atoms with Crippen LogP contribution in [0.25, 0.3) is 0 Å². The Labute approximate surface area is 147 Å². The minimum atomic E-state index is -3.04. The molecule has 1 amide bonds. The van der Waals surface area contributed by atoms with Gasteiger partial charge < -0.3 is 4.90 Å². The summed E-state index contributed by atoms with van der Waals surface area (Å²) in [6, 6.07) is 5.86. The van der Waals surface area contributed by atoms with Crippen LogP contribution in [0.15, 0.2) is 23.2 Å². The van der Waals surface area contributed by atoms with Crippen LogP contribution in [0.5, 0.6) is 0 Å². The van der Waals surface area contributed by atoms with Crippen LogP contribution in [0, 0.1) is 13.8 Å². The first-order valence-electron chi connectivity index (χ1n) is 8.16. The molecule has 24 heavy (non-hydrogen) atoms. The number of hydrogen-bond donors (Lipinski definition) is 0. The number of nitrogens with zero attached hydrogens (tertiary/aromatic N) is 2. The van der Waals surface area contributed by atoms with Gasteiger partial charge in [0.2, 0.25) is 5.91 Å². The molecule has 3 rings (SSSR count). The first-order chi connectivity index (χ1) is 11.3. The number of rotatable bonds is 3. The van der Waals surface area contributed by atoms with Gasteiger partial charge in [0.1, 0.15) is 0 Å². The predicted octanol–water partition coefficient (Wildman–Crippen LogP) is 2.70. The summed E-state index contributed by atoms with van der Waals surface area (Å²) in [7, 11) is -3.04. The third-order valence-electron chi connectivity index (χ3n) is 4.43. The van der Waals surface area contributed by atoms with E-state index in [0.717, 1.165) is 23.2 Å². The normalized spacial score (nSPS) is 26.8. The first-order valence-corrected chi connectivity index (χ1v) is 10.9. The van der Waals surface area contributed by atoms with Crippen molar-refractivity contribution in [2.45, 2.75) is 44.9 Å². The van der Waals surface area contributed by atoms with Crippen molar-refractivity contribution in [3.8, 4) is 0 Å². The molecule has 0 saturated carbocycles. The molecule has 0 N–H and O–H groups in total. The van der Waals surface area contributed by atoms with Gasteiger partial charge in [-0.05, 0) is 31.4 Å². The summed E-state index contributed by atoms with van der Waals surface area (Å²) in [6.07, 6.45) is 1.17. The van der Waals surface area contributed by atoms with Crippen LogP contribution in [0.1, 0.15) is 30.9 Å². The second-order valence-corrected chi connectivity index (χ2v) is 9.81. The molecule has 2 aliphatic rings. The van der Waals surface area contributed by atoms with E-state index in [4.69, 9.17) is 0 Å². The van der Waals surface area contributed by atoms with Gasteiger partial charge >= 0.3 is 0 Å². The molecular formula is C17H22N2O3S2. The van der Waals surface area contributed by atoms with E-state index in [9.17, 15) is 13.2 Å². The fourth-order valence-electron chi connectivity index (χ4n) is 3.39. The van der Waals surface area contributed by atoms with Crippen molar-refractivity contribution >= 4 is 38.4 Å². The predicted molar refractivity (Wildman–Crippen MR) is 99.6 cm³/mol. The number of amides is 1. The van der Waals surface area contributed by atoms with E-state index in [1.165, 1.54) is 11.8 Å². The van der Waals surface area contributed by atoms with E-state index < -0.39 is 9.84 Å². The molecule has 7 heteroatoms. The topological polar surface area (TPSA) is 66.8 Å². The molecule has 0 unspecified atom stereocenters. The molecule has 1 aromatic carbocycles. The highest BCUT2D eigenvalue weighted by Crippen LogP contribution is 2.43. The third-order valence-corrected chi connectivity index (χ3v) is 7.64. The van der Waals surface area contributed by atoms with Crippen LogP contribution >= 0.6 is 11.8 Å². The first kappa shape index (κ1) is 17.5. The van der Waals surface area contributed by atoms with Crippen molar-refractivity contribution in [2.24, 2.45) is 4.99 Å². The molecule has 2 saturated heterocycles. The molecule has 130 valence electrons. The lowest BCUT2D eigenvalue weighted by atomic mass is 10.1. The lowest BCUT2D eigenvalue weighted by Gasteiger charge is -2.27. The fourth-order valence-corrected chi connectivity index (χ4v) is 7.31. The molecular weight excluding hydrogens is 344 g/mol. The molecule has 2 fully saturated rings. The van der Waals surface area contributed by atoms with Gasteiger partial charge in [-0.3, -0.25) is 4.79 Å². The molecule has 2 aliphatic heterocycles. The Morgan fingerprint density at radius 2 is 1.96 bits per heavy atom. The van der Waals surface area contributed by atoms with Crippen LogP contribution in [0.2, 0.25) is 0 Å². The number of amidine groups is 1. The van der Waals surface area contributed by atoms with Crippen molar-refractivity contribution in [1.29, 1.82) is 0 Å². The van der Waals surface area contributed by atoms with Gasteiger partial charge in [0.25, 0.3) is 0 Å². The molecule has 0 aliphatic carbocycles. The maximum absolute atomic E-state index is 12.1. The Hall–Kier alpha value is -1.34. The van der Waals surface area contributed by atoms with Crippen molar-refractivity contribution in [1.82, 2.24) is 0 Å². The van der Waals surface area contributed by atoms with E-state index in [0.29, 0.717) is 11.6 Å². The maximum Gasteiger partial charge on any atom is 0.248 e. The van der Waals surface area contributed by atoms with Crippen LogP contribution in [0.4, 0.5) is 5.69 Å². The Morgan fingerprint density at radius 1 is 1.29 bits per heavy atom. The van der Waals surface area contributed by atoms with Crippen LogP contribution in [-0.2, 0) is 14.6 Å². The smallest absolute Gasteiger partial charge is 0.248 e. The number of anilines is 1. The third kappa shape index (κ3) is 3.24. The molecule has 0 aromatic heterocycles. The molecule has 2 heterocycles. The van der Waals surface area contributed by atoms with Crippen LogP contribution < -0.4 is 4.90 Å². The van der Waals surface area contributed by atoms with Gasteiger partial charge in [0.15, 0.2) is 15.0 Å². The van der Waals surface area contributed by atoms with Crippen molar-refractivity contribution < 1.29 is 13.2 Å². The average molecular weight is 367 g/mol. The molecule has 2 atom stereocenters. The van der Waals surface area contributed by atoms with E-state index in [-0.39, 0.29) is 28.7 Å². The van der Waals surface area contributed by atoms with Gasteiger partial charge in [-0.15, -0.1) is 0 Å². The number of aliphatic imine (C=N–C) groups is 1. The molecule has 1 aromatic rings. The van der Waals surface area contributed by atoms with Crippen LogP contribution in [-0.4, -0.2) is 42.3 Å². The zero-order chi connectivity index (χ0) is 17.5. The highest BCUT2D eigenvalue weighted by Gasteiger charge is 2.49.